The summed E-state index contributed by atoms with van der Waals surface area (Å²) >= 11 is 0. The van der Waals surface area contributed by atoms with Gasteiger partial charge in [0.2, 0.25) is 0 Å². The summed E-state index contributed by atoms with van der Waals surface area (Å²) in [6.45, 7) is 2.71. The van der Waals surface area contributed by atoms with Crippen LogP contribution in [0.25, 0.3) is 0 Å². The second kappa shape index (κ2) is 5.19. The molecular formula is C13H16FN3. The van der Waals surface area contributed by atoms with Gasteiger partial charge >= 0.3 is 0 Å². The maximum Gasteiger partial charge on any atom is 0.155 e. The number of rotatable bonds is 4. The first-order valence-electron chi connectivity index (χ1n) is 5.70. The van der Waals surface area contributed by atoms with E-state index in [-0.39, 0.29) is 0 Å². The molecule has 1 aromatic carbocycles. The Hall–Kier alpha value is -1.55. The van der Waals surface area contributed by atoms with Crippen LogP contribution in [0.2, 0.25) is 0 Å². The third kappa shape index (κ3) is 2.77. The van der Waals surface area contributed by atoms with Crippen LogP contribution in [0.4, 0.5) is 4.39 Å². The largest absolute Gasteiger partial charge is 0.316 e. The van der Waals surface area contributed by atoms with E-state index in [2.05, 4.69) is 15.3 Å². The van der Waals surface area contributed by atoms with Crippen LogP contribution in [0.1, 0.15) is 18.1 Å². The molecule has 1 aliphatic rings. The molecule has 1 aromatic rings. The fourth-order valence-corrected chi connectivity index (χ4v) is 1.71. The van der Waals surface area contributed by atoms with E-state index in [0.717, 1.165) is 12.1 Å². The summed E-state index contributed by atoms with van der Waals surface area (Å²) < 4.78 is 13.0. The molecular weight excluding hydrogens is 217 g/mol. The first-order chi connectivity index (χ1) is 8.20. The van der Waals surface area contributed by atoms with Crippen molar-refractivity contribution in [2.24, 2.45) is 9.98 Å². The second-order valence-electron chi connectivity index (χ2n) is 4.09. The van der Waals surface area contributed by atoms with Crippen molar-refractivity contribution < 1.29 is 4.39 Å². The van der Waals surface area contributed by atoms with Gasteiger partial charge in [0.25, 0.3) is 0 Å². The highest BCUT2D eigenvalue weighted by Crippen LogP contribution is 2.12. The number of nitrogens with one attached hydrogen (secondary N) is 1. The van der Waals surface area contributed by atoms with E-state index >= 15 is 0 Å². The fraction of sp³-hybridized carbons (Fsp3) is 0.385. The van der Waals surface area contributed by atoms with Crippen LogP contribution in [0.15, 0.2) is 34.3 Å². The molecule has 3 nitrogen and oxygen atoms in total. The van der Waals surface area contributed by atoms with Crippen molar-refractivity contribution in [1.82, 2.24) is 5.32 Å². The van der Waals surface area contributed by atoms with Crippen molar-refractivity contribution in [2.75, 3.05) is 13.6 Å². The molecule has 1 aliphatic heterocycles. The number of amidine groups is 1. The molecule has 0 radical (unpaired) electrons. The van der Waals surface area contributed by atoms with Crippen molar-refractivity contribution in [3.8, 4) is 0 Å². The molecule has 0 aromatic heterocycles. The number of alkyl halides is 1. The van der Waals surface area contributed by atoms with E-state index in [1.165, 1.54) is 12.5 Å². The summed E-state index contributed by atoms with van der Waals surface area (Å²) in [5.41, 5.74) is 2.66. The van der Waals surface area contributed by atoms with E-state index in [1.807, 2.05) is 31.3 Å². The molecule has 1 unspecified atom stereocenters. The maximum atomic E-state index is 13.0. The number of benzene rings is 1. The minimum absolute atomic E-state index is 0.380. The normalized spacial score (nSPS) is 16.6. The van der Waals surface area contributed by atoms with Crippen molar-refractivity contribution in [1.29, 1.82) is 0 Å². The highest BCUT2D eigenvalue weighted by atomic mass is 19.1. The molecule has 0 aliphatic carbocycles. The fourth-order valence-electron chi connectivity index (χ4n) is 1.71. The number of nitrogens with zero attached hydrogens (tertiary/aromatic N) is 2. The van der Waals surface area contributed by atoms with Crippen LogP contribution in [0.3, 0.4) is 0 Å². The SMILES string of the molecule is CNCc1ccc(C2=NCC(C(C)F)=N2)cc1. The van der Waals surface area contributed by atoms with Gasteiger partial charge in [-0.25, -0.2) is 9.38 Å². The van der Waals surface area contributed by atoms with Crippen LogP contribution >= 0.6 is 0 Å². The maximum absolute atomic E-state index is 13.0. The van der Waals surface area contributed by atoms with Gasteiger partial charge in [-0.15, -0.1) is 0 Å². The lowest BCUT2D eigenvalue weighted by Crippen LogP contribution is -2.12. The number of hydrogen-bond acceptors (Lipinski definition) is 3. The second-order valence-corrected chi connectivity index (χ2v) is 4.09. The zero-order valence-electron chi connectivity index (χ0n) is 10.1. The van der Waals surface area contributed by atoms with E-state index in [0.29, 0.717) is 18.1 Å². The lowest BCUT2D eigenvalue weighted by atomic mass is 10.1. The van der Waals surface area contributed by atoms with Gasteiger partial charge in [-0.05, 0) is 19.5 Å². The van der Waals surface area contributed by atoms with Crippen LogP contribution in [-0.4, -0.2) is 31.3 Å². The van der Waals surface area contributed by atoms with Gasteiger partial charge in [-0.1, -0.05) is 24.3 Å². The third-order valence-corrected chi connectivity index (χ3v) is 2.69. The van der Waals surface area contributed by atoms with Crippen molar-refractivity contribution in [3.63, 3.8) is 0 Å². The predicted molar refractivity (Wildman–Crippen MR) is 68.6 cm³/mol. The van der Waals surface area contributed by atoms with Gasteiger partial charge in [0.1, 0.15) is 6.17 Å². The Bertz CT molecular complexity index is 446. The van der Waals surface area contributed by atoms with Gasteiger partial charge in [0.05, 0.1) is 12.3 Å². The average Bonchev–Trinajstić information content (AvgIpc) is 2.80. The predicted octanol–water partition coefficient (Wildman–Crippen LogP) is 1.97. The standard InChI is InChI=1S/C13H16FN3/c1-9(14)12-8-16-13(17-12)11-5-3-10(4-6-11)7-15-2/h3-6,9,15H,7-8H2,1-2H3. The molecule has 17 heavy (non-hydrogen) atoms. The lowest BCUT2D eigenvalue weighted by Gasteiger charge is -2.02. The molecule has 90 valence electrons. The minimum Gasteiger partial charge on any atom is -0.316 e. The van der Waals surface area contributed by atoms with Crippen molar-refractivity contribution >= 4 is 11.5 Å². The first-order valence-corrected chi connectivity index (χ1v) is 5.70. The highest BCUT2D eigenvalue weighted by Gasteiger charge is 2.16. The Morgan fingerprint density at radius 2 is 2.06 bits per heavy atom. The molecule has 1 atom stereocenters. The summed E-state index contributed by atoms with van der Waals surface area (Å²) in [6, 6.07) is 8.00. The van der Waals surface area contributed by atoms with Crippen LogP contribution < -0.4 is 5.32 Å². The molecule has 0 saturated carbocycles. The van der Waals surface area contributed by atoms with Crippen molar-refractivity contribution in [3.05, 3.63) is 35.4 Å². The third-order valence-electron chi connectivity index (χ3n) is 2.69. The van der Waals surface area contributed by atoms with Gasteiger partial charge in [-0.3, -0.25) is 4.99 Å². The Balaban J connectivity index is 2.14. The van der Waals surface area contributed by atoms with Gasteiger partial charge in [-0.2, -0.15) is 0 Å². The monoisotopic (exact) mass is 233 g/mol. The number of hydrogen-bond donors (Lipinski definition) is 1. The number of halogens is 1. The molecule has 0 spiro atoms. The molecule has 1 heterocycles. The quantitative estimate of drug-likeness (QED) is 0.848. The van der Waals surface area contributed by atoms with E-state index < -0.39 is 6.17 Å². The number of aliphatic imine (C=N–C) groups is 2. The summed E-state index contributed by atoms with van der Waals surface area (Å²) in [7, 11) is 1.91. The van der Waals surface area contributed by atoms with E-state index in [4.69, 9.17) is 0 Å². The summed E-state index contributed by atoms with van der Waals surface area (Å²) in [5.74, 6) is 0.639. The minimum atomic E-state index is -1.01. The van der Waals surface area contributed by atoms with E-state index in [1.54, 1.807) is 0 Å². The molecule has 2 rings (SSSR count). The summed E-state index contributed by atoms with van der Waals surface area (Å²) in [6.07, 6.45) is -1.01. The topological polar surface area (TPSA) is 36.8 Å². The Morgan fingerprint density at radius 3 is 2.59 bits per heavy atom. The zero-order chi connectivity index (χ0) is 12.3. The average molecular weight is 233 g/mol. The van der Waals surface area contributed by atoms with Gasteiger partial charge in [0, 0.05) is 12.1 Å². The lowest BCUT2D eigenvalue weighted by molar-refractivity contribution is 0.452. The smallest absolute Gasteiger partial charge is 0.155 e. The zero-order valence-corrected chi connectivity index (χ0v) is 10.1. The van der Waals surface area contributed by atoms with E-state index in [9.17, 15) is 4.39 Å². The Kier molecular flexibility index (Phi) is 3.64. The molecule has 0 amide bonds. The molecule has 0 bridgehead atoms. The molecule has 0 fully saturated rings. The highest BCUT2D eigenvalue weighted by molar-refractivity contribution is 6.12. The van der Waals surface area contributed by atoms with Gasteiger partial charge in [0.15, 0.2) is 5.84 Å². The Labute approximate surface area is 100 Å². The van der Waals surface area contributed by atoms with Crippen molar-refractivity contribution in [2.45, 2.75) is 19.6 Å². The van der Waals surface area contributed by atoms with Gasteiger partial charge < -0.3 is 5.32 Å². The molecule has 1 N–H and O–H groups in total. The first kappa shape index (κ1) is 11.9. The Morgan fingerprint density at radius 1 is 1.35 bits per heavy atom. The summed E-state index contributed by atoms with van der Waals surface area (Å²) in [4.78, 5) is 8.45. The van der Waals surface area contributed by atoms with Crippen LogP contribution in [0.5, 0.6) is 0 Å². The van der Waals surface area contributed by atoms with Crippen LogP contribution in [-0.2, 0) is 6.54 Å². The molecule has 4 heteroatoms. The molecule has 0 saturated heterocycles. The van der Waals surface area contributed by atoms with Crippen LogP contribution in [0, 0.1) is 0 Å². The summed E-state index contributed by atoms with van der Waals surface area (Å²) in [5, 5.41) is 3.09.